The second-order valence-corrected chi connectivity index (χ2v) is 9.96. The maximum Gasteiger partial charge on any atom is 0.259 e. The van der Waals surface area contributed by atoms with Gasteiger partial charge >= 0.3 is 0 Å². The van der Waals surface area contributed by atoms with E-state index in [4.69, 9.17) is 0 Å². The minimum atomic E-state index is -0.303. The summed E-state index contributed by atoms with van der Waals surface area (Å²) in [6, 6.07) is 22.2. The Labute approximate surface area is 233 Å². The number of rotatable bonds is 6. The van der Waals surface area contributed by atoms with Crippen LogP contribution in [0.3, 0.4) is 0 Å². The molecule has 5 rings (SSSR count). The maximum atomic E-state index is 13.2. The molecule has 0 aliphatic carbocycles. The Morgan fingerprint density at radius 1 is 0.975 bits per heavy atom. The molecule has 40 heavy (non-hydrogen) atoms. The van der Waals surface area contributed by atoms with Crippen LogP contribution in [-0.4, -0.2) is 41.9 Å². The van der Waals surface area contributed by atoms with Gasteiger partial charge in [0.15, 0.2) is 0 Å². The van der Waals surface area contributed by atoms with Gasteiger partial charge in [-0.2, -0.15) is 5.26 Å². The summed E-state index contributed by atoms with van der Waals surface area (Å²) in [5, 5.41) is 12.4. The first-order chi connectivity index (χ1) is 19.3. The first-order valence-corrected chi connectivity index (χ1v) is 13.2. The first kappa shape index (κ1) is 26.6. The molecule has 1 fully saturated rings. The number of aromatic nitrogens is 2. The third kappa shape index (κ3) is 5.69. The van der Waals surface area contributed by atoms with Crippen LogP contribution >= 0.6 is 0 Å². The van der Waals surface area contributed by atoms with Crippen LogP contribution in [0, 0.1) is 25.2 Å². The number of hydrogen-bond donors (Lipinski definition) is 1. The van der Waals surface area contributed by atoms with Gasteiger partial charge in [0.05, 0.1) is 23.5 Å². The van der Waals surface area contributed by atoms with E-state index in [2.05, 4.69) is 26.3 Å². The van der Waals surface area contributed by atoms with Crippen LogP contribution in [0.15, 0.2) is 72.9 Å². The summed E-state index contributed by atoms with van der Waals surface area (Å²) in [7, 11) is 1.71. The lowest BCUT2D eigenvalue weighted by atomic mass is 10.0. The highest BCUT2D eigenvalue weighted by Gasteiger charge is 2.18. The average Bonchev–Trinajstić information content (AvgIpc) is 3.52. The van der Waals surface area contributed by atoms with Crippen molar-refractivity contribution in [1.29, 1.82) is 5.26 Å². The normalized spacial score (nSPS) is 12.6. The molecule has 0 bridgehead atoms. The Morgan fingerprint density at radius 2 is 1.73 bits per heavy atom. The van der Waals surface area contributed by atoms with Crippen molar-refractivity contribution in [1.82, 2.24) is 9.97 Å². The maximum absolute atomic E-state index is 13.2. The summed E-state index contributed by atoms with van der Waals surface area (Å²) in [6.07, 6.45) is 3.83. The van der Waals surface area contributed by atoms with Crippen LogP contribution in [0.25, 0.3) is 11.1 Å². The summed E-state index contributed by atoms with van der Waals surface area (Å²) in [6.45, 7) is 5.63. The van der Waals surface area contributed by atoms with Crippen molar-refractivity contribution in [2.45, 2.75) is 26.7 Å². The van der Waals surface area contributed by atoms with Crippen LogP contribution in [0.1, 0.15) is 50.5 Å². The Balaban J connectivity index is 1.35. The molecule has 2 amide bonds. The van der Waals surface area contributed by atoms with E-state index in [0.717, 1.165) is 54.1 Å². The fourth-order valence-corrected chi connectivity index (χ4v) is 4.87. The van der Waals surface area contributed by atoms with Gasteiger partial charge in [-0.3, -0.25) is 19.5 Å². The van der Waals surface area contributed by atoms with Crippen molar-refractivity contribution in [2.75, 3.05) is 35.3 Å². The predicted octanol–water partition coefficient (Wildman–Crippen LogP) is 5.76. The van der Waals surface area contributed by atoms with Crippen molar-refractivity contribution >= 4 is 29.0 Å². The van der Waals surface area contributed by atoms with Crippen molar-refractivity contribution in [2.24, 2.45) is 0 Å². The summed E-state index contributed by atoms with van der Waals surface area (Å²) < 4.78 is 0. The van der Waals surface area contributed by atoms with Crippen molar-refractivity contribution < 1.29 is 9.59 Å². The largest absolute Gasteiger partial charge is 0.371 e. The van der Waals surface area contributed by atoms with Gasteiger partial charge < -0.3 is 10.2 Å². The lowest BCUT2D eigenvalue weighted by Gasteiger charge is -2.19. The van der Waals surface area contributed by atoms with Crippen LogP contribution in [-0.2, 0) is 0 Å². The van der Waals surface area contributed by atoms with Gasteiger partial charge in [0.25, 0.3) is 11.8 Å². The van der Waals surface area contributed by atoms with E-state index in [1.165, 1.54) is 4.90 Å². The van der Waals surface area contributed by atoms with E-state index in [0.29, 0.717) is 28.2 Å². The number of nitrogens with zero attached hydrogens (tertiary/aromatic N) is 5. The molecule has 0 radical (unpaired) electrons. The fraction of sp³-hybridized carbons (Fsp3) is 0.219. The third-order valence-corrected chi connectivity index (χ3v) is 7.09. The molecular weight excluding hydrogens is 500 g/mol. The number of hydrogen-bond acceptors (Lipinski definition) is 6. The number of nitriles is 1. The molecule has 8 heteroatoms. The monoisotopic (exact) mass is 530 g/mol. The van der Waals surface area contributed by atoms with E-state index in [-0.39, 0.29) is 11.8 Å². The van der Waals surface area contributed by atoms with Crippen molar-refractivity contribution in [3.63, 3.8) is 0 Å². The molecule has 1 aliphatic heterocycles. The molecule has 0 atom stereocenters. The Kier molecular flexibility index (Phi) is 7.56. The summed E-state index contributed by atoms with van der Waals surface area (Å²) in [5.41, 5.74) is 6.20. The number of amides is 2. The Morgan fingerprint density at radius 3 is 2.42 bits per heavy atom. The number of anilines is 3. The number of benzene rings is 2. The molecule has 0 unspecified atom stereocenters. The zero-order valence-corrected chi connectivity index (χ0v) is 22.8. The van der Waals surface area contributed by atoms with Gasteiger partial charge in [-0.15, -0.1) is 0 Å². The molecule has 4 aromatic rings. The molecule has 0 spiro atoms. The third-order valence-electron chi connectivity index (χ3n) is 7.09. The highest BCUT2D eigenvalue weighted by Crippen LogP contribution is 2.27. The molecule has 2 aromatic carbocycles. The Bertz CT molecular complexity index is 1620. The molecule has 1 saturated heterocycles. The van der Waals surface area contributed by atoms with E-state index < -0.39 is 0 Å². The number of nitrogens with one attached hydrogen (secondary N) is 1. The number of aryl methyl sites for hydroxylation is 2. The molecule has 3 heterocycles. The number of pyridine rings is 2. The lowest BCUT2D eigenvalue weighted by molar-refractivity contribution is 0.0990. The molecule has 1 N–H and O–H groups in total. The number of carbonyl (C=O) groups is 2. The Hall–Kier alpha value is -5.03. The van der Waals surface area contributed by atoms with Gasteiger partial charge in [0, 0.05) is 53.9 Å². The topological polar surface area (TPSA) is 102 Å². The van der Waals surface area contributed by atoms with Crippen LogP contribution in [0.4, 0.5) is 17.2 Å². The highest BCUT2D eigenvalue weighted by molar-refractivity contribution is 6.06. The summed E-state index contributed by atoms with van der Waals surface area (Å²) >= 11 is 0. The SMILES string of the molecule is Cc1cccc(N(C)C(=O)c2ccc(-c3cc(NC(=O)c4cc(C#N)cc(N5CCCC5)c4)cnc3C)cc2)n1. The molecule has 0 saturated carbocycles. The first-order valence-electron chi connectivity index (χ1n) is 13.2. The van der Waals surface area contributed by atoms with Gasteiger partial charge in [-0.1, -0.05) is 18.2 Å². The molecule has 8 nitrogen and oxygen atoms in total. The number of carbonyl (C=O) groups excluding carboxylic acids is 2. The average molecular weight is 531 g/mol. The smallest absolute Gasteiger partial charge is 0.259 e. The zero-order valence-electron chi connectivity index (χ0n) is 22.8. The van der Waals surface area contributed by atoms with E-state index in [1.807, 2.05) is 56.3 Å². The fourth-order valence-electron chi connectivity index (χ4n) is 4.87. The predicted molar refractivity (Wildman–Crippen MR) is 157 cm³/mol. The van der Waals surface area contributed by atoms with E-state index in [1.54, 1.807) is 37.5 Å². The highest BCUT2D eigenvalue weighted by atomic mass is 16.2. The second-order valence-electron chi connectivity index (χ2n) is 9.96. The van der Waals surface area contributed by atoms with Crippen LogP contribution < -0.4 is 15.1 Å². The molecule has 2 aromatic heterocycles. The molecular formula is C32H30N6O2. The van der Waals surface area contributed by atoms with E-state index in [9.17, 15) is 14.9 Å². The minimum Gasteiger partial charge on any atom is -0.371 e. The summed E-state index contributed by atoms with van der Waals surface area (Å²) in [4.78, 5) is 38.9. The van der Waals surface area contributed by atoms with Crippen molar-refractivity contribution in [3.05, 3.63) is 101 Å². The summed E-state index contributed by atoms with van der Waals surface area (Å²) in [5.74, 6) is 0.127. The van der Waals surface area contributed by atoms with E-state index >= 15 is 0 Å². The minimum absolute atomic E-state index is 0.159. The molecule has 1 aliphatic rings. The van der Waals surface area contributed by atoms with Crippen LogP contribution in [0.2, 0.25) is 0 Å². The molecule has 200 valence electrons. The van der Waals surface area contributed by atoms with Gasteiger partial charge in [-0.25, -0.2) is 4.98 Å². The zero-order chi connectivity index (χ0) is 28.2. The standard InChI is InChI=1S/C32H30N6O2/c1-21-7-6-8-30(35-21)37(3)32(40)25-11-9-24(10-12-25)29-18-27(20-34-22(29)2)36-31(39)26-15-23(19-33)16-28(17-26)38-13-4-5-14-38/h6-12,15-18,20H,4-5,13-14H2,1-3H3,(H,36,39). The quantitative estimate of drug-likeness (QED) is 0.340. The van der Waals surface area contributed by atoms with Gasteiger partial charge in [0.2, 0.25) is 0 Å². The van der Waals surface area contributed by atoms with Gasteiger partial charge in [-0.05, 0) is 80.8 Å². The van der Waals surface area contributed by atoms with Crippen LogP contribution in [0.5, 0.6) is 0 Å². The second kappa shape index (κ2) is 11.4. The van der Waals surface area contributed by atoms with Crippen molar-refractivity contribution in [3.8, 4) is 17.2 Å². The lowest BCUT2D eigenvalue weighted by Crippen LogP contribution is -2.27. The van der Waals surface area contributed by atoms with Gasteiger partial charge in [0.1, 0.15) is 5.82 Å².